The number of benzene rings is 2. The Morgan fingerprint density at radius 2 is 1.88 bits per heavy atom. The molecule has 3 saturated carbocycles. The van der Waals surface area contributed by atoms with Crippen molar-refractivity contribution < 1.29 is 22.7 Å². The molecule has 3 aliphatic rings. The maximum Gasteiger partial charge on any atom is 0.287 e. The largest absolute Gasteiger partial charge is 0.377 e. The summed E-state index contributed by atoms with van der Waals surface area (Å²) < 4.78 is 61.2. The van der Waals surface area contributed by atoms with E-state index in [2.05, 4.69) is 15.5 Å². The molecule has 1 N–H and O–H groups in total. The first-order chi connectivity index (χ1) is 15.1. The molecule has 6 rings (SSSR count). The van der Waals surface area contributed by atoms with Crippen LogP contribution in [-0.2, 0) is 17.6 Å². The van der Waals surface area contributed by atoms with Crippen molar-refractivity contribution in [3.63, 3.8) is 0 Å². The molecule has 32 heavy (non-hydrogen) atoms. The molecule has 0 amide bonds. The van der Waals surface area contributed by atoms with Crippen LogP contribution < -0.4 is 0 Å². The number of nitriles is 1. The van der Waals surface area contributed by atoms with Gasteiger partial charge in [-0.05, 0) is 64.9 Å². The van der Waals surface area contributed by atoms with Gasteiger partial charge in [-0.15, -0.1) is 5.10 Å². The summed E-state index contributed by atoms with van der Waals surface area (Å²) >= 11 is 0. The van der Waals surface area contributed by atoms with Gasteiger partial charge in [0.25, 0.3) is 5.92 Å². The zero-order valence-corrected chi connectivity index (χ0v) is 16.6. The average molecular weight is 443 g/mol. The molecule has 0 saturated heterocycles. The minimum atomic E-state index is -3.78. The fraction of sp³-hybridized carbons (Fsp3) is 0.364. The third-order valence-corrected chi connectivity index (χ3v) is 6.98. The zero-order chi connectivity index (χ0) is 22.8. The number of nitrogens with zero attached hydrogens (tertiary/aromatic N) is 5. The Labute approximate surface area is 180 Å². The molecule has 3 fully saturated rings. The lowest BCUT2D eigenvalue weighted by Crippen LogP contribution is -2.76. The third-order valence-electron chi connectivity index (χ3n) is 6.98. The van der Waals surface area contributed by atoms with Gasteiger partial charge in [-0.3, -0.25) is 0 Å². The van der Waals surface area contributed by atoms with Crippen LogP contribution in [-0.4, -0.2) is 31.2 Å². The molecule has 6 nitrogen and oxygen atoms in total. The molecular formula is C22H17F4N5O. The van der Waals surface area contributed by atoms with Gasteiger partial charge < -0.3 is 5.11 Å². The zero-order valence-electron chi connectivity index (χ0n) is 16.6. The predicted octanol–water partition coefficient (Wildman–Crippen LogP) is 3.47. The quantitative estimate of drug-likeness (QED) is 0.590. The van der Waals surface area contributed by atoms with Crippen LogP contribution in [0.3, 0.4) is 0 Å². The van der Waals surface area contributed by atoms with Gasteiger partial charge >= 0.3 is 0 Å². The molecular weight excluding hydrogens is 426 g/mol. The molecule has 2 bridgehead atoms. The summed E-state index contributed by atoms with van der Waals surface area (Å²) in [5.41, 5.74) is -4.57. The summed E-state index contributed by atoms with van der Waals surface area (Å²) in [6.07, 6.45) is 1.26. The normalized spacial score (nSPS) is 25.9. The van der Waals surface area contributed by atoms with Gasteiger partial charge in [-0.2, -0.15) is 5.26 Å². The van der Waals surface area contributed by atoms with Crippen molar-refractivity contribution in [3.8, 4) is 6.07 Å². The molecule has 2 aromatic carbocycles. The van der Waals surface area contributed by atoms with E-state index in [9.17, 15) is 13.9 Å². The lowest BCUT2D eigenvalue weighted by Gasteiger charge is -2.74. The van der Waals surface area contributed by atoms with Crippen LogP contribution in [0.25, 0.3) is 0 Å². The van der Waals surface area contributed by atoms with Crippen molar-refractivity contribution in [3.05, 3.63) is 77.1 Å². The Hall–Kier alpha value is -3.32. The topological polar surface area (TPSA) is 87.6 Å². The van der Waals surface area contributed by atoms with Gasteiger partial charge in [0.15, 0.2) is 5.60 Å². The Morgan fingerprint density at radius 3 is 2.50 bits per heavy atom. The van der Waals surface area contributed by atoms with E-state index in [0.29, 0.717) is 11.6 Å². The van der Waals surface area contributed by atoms with E-state index >= 15 is 8.78 Å². The Kier molecular flexibility index (Phi) is 4.24. The van der Waals surface area contributed by atoms with Crippen molar-refractivity contribution in [1.82, 2.24) is 20.2 Å². The Balaban J connectivity index is 1.52. The second-order valence-corrected chi connectivity index (χ2v) is 8.85. The Morgan fingerprint density at radius 1 is 1.12 bits per heavy atom. The summed E-state index contributed by atoms with van der Waals surface area (Å²) in [6.45, 7) is -0.811. The number of aliphatic hydroxyl groups is 1. The molecule has 164 valence electrons. The van der Waals surface area contributed by atoms with Gasteiger partial charge in [0.2, 0.25) is 0 Å². The van der Waals surface area contributed by atoms with Crippen molar-refractivity contribution in [2.75, 3.05) is 0 Å². The van der Waals surface area contributed by atoms with E-state index in [-0.39, 0.29) is 19.3 Å². The second-order valence-electron chi connectivity index (χ2n) is 8.85. The monoisotopic (exact) mass is 443 g/mol. The van der Waals surface area contributed by atoms with Crippen LogP contribution >= 0.6 is 0 Å². The number of rotatable bonds is 6. The fourth-order valence-corrected chi connectivity index (χ4v) is 5.45. The minimum absolute atomic E-state index is 0.0720. The van der Waals surface area contributed by atoms with Gasteiger partial charge in [0.05, 0.1) is 18.2 Å². The van der Waals surface area contributed by atoms with E-state index in [1.807, 2.05) is 6.07 Å². The van der Waals surface area contributed by atoms with Crippen molar-refractivity contribution >= 4 is 0 Å². The Bertz CT molecular complexity index is 1220. The number of aromatic nitrogens is 4. The SMILES string of the molecule is N#Cc1cccc(C23CC(C(F)(F)[C@](O)(Cn4cnnn4)c4ccc(F)cc4F)(C2)C3)c1. The molecule has 3 aliphatic carbocycles. The highest BCUT2D eigenvalue weighted by Crippen LogP contribution is 2.80. The van der Waals surface area contributed by atoms with Crippen molar-refractivity contribution in [2.45, 2.75) is 42.7 Å². The lowest BCUT2D eigenvalue weighted by atomic mass is 9.30. The van der Waals surface area contributed by atoms with Crippen LogP contribution in [0.1, 0.15) is 36.0 Å². The van der Waals surface area contributed by atoms with Crippen LogP contribution in [0.4, 0.5) is 17.6 Å². The number of halogens is 4. The number of tetrazole rings is 1. The standard InChI is InChI=1S/C22H17F4N5O/c23-16-4-5-17(18(24)7-16)21(32,12-31-13-28-29-30-31)22(25,26)20-9-19(10-20,11-20)15-3-1-2-14(6-15)8-27/h1-7,13,32H,9-12H2/t19?,20?,21-/m0/s1. The molecule has 1 heterocycles. The summed E-state index contributed by atoms with van der Waals surface area (Å²) in [5.74, 6) is -6.00. The summed E-state index contributed by atoms with van der Waals surface area (Å²) in [6, 6.07) is 11.0. The third kappa shape index (κ3) is 2.64. The van der Waals surface area contributed by atoms with E-state index in [0.717, 1.165) is 28.7 Å². The first-order valence-corrected chi connectivity index (χ1v) is 9.92. The van der Waals surface area contributed by atoms with E-state index in [1.165, 1.54) is 0 Å². The molecule has 3 aromatic rings. The van der Waals surface area contributed by atoms with E-state index in [4.69, 9.17) is 5.26 Å². The molecule has 0 aliphatic heterocycles. The lowest BCUT2D eigenvalue weighted by molar-refractivity contribution is -0.347. The first-order valence-electron chi connectivity index (χ1n) is 9.92. The summed E-state index contributed by atoms with van der Waals surface area (Å²) in [4.78, 5) is 0. The molecule has 10 heteroatoms. The van der Waals surface area contributed by atoms with Crippen LogP contribution in [0.5, 0.6) is 0 Å². The van der Waals surface area contributed by atoms with Crippen molar-refractivity contribution in [2.24, 2.45) is 5.41 Å². The number of hydrogen-bond acceptors (Lipinski definition) is 5. The smallest absolute Gasteiger partial charge is 0.287 e. The summed E-state index contributed by atoms with van der Waals surface area (Å²) in [7, 11) is 0. The molecule has 1 aromatic heterocycles. The van der Waals surface area contributed by atoms with E-state index in [1.54, 1.807) is 24.3 Å². The highest BCUT2D eigenvalue weighted by Gasteiger charge is 2.82. The van der Waals surface area contributed by atoms with Gasteiger partial charge in [0, 0.05) is 17.0 Å². The average Bonchev–Trinajstić information content (AvgIpc) is 3.18. The van der Waals surface area contributed by atoms with Gasteiger partial charge in [-0.25, -0.2) is 22.2 Å². The minimum Gasteiger partial charge on any atom is -0.377 e. The van der Waals surface area contributed by atoms with Gasteiger partial charge in [0.1, 0.15) is 18.0 Å². The molecule has 1 atom stereocenters. The molecule has 0 radical (unpaired) electrons. The van der Waals surface area contributed by atoms with Crippen LogP contribution in [0.15, 0.2) is 48.8 Å². The molecule has 0 spiro atoms. The van der Waals surface area contributed by atoms with E-state index < -0.39 is 46.1 Å². The highest BCUT2D eigenvalue weighted by molar-refractivity contribution is 5.46. The maximum absolute atomic E-state index is 16.1. The second kappa shape index (κ2) is 6.59. The van der Waals surface area contributed by atoms with Crippen molar-refractivity contribution in [1.29, 1.82) is 5.26 Å². The van der Waals surface area contributed by atoms with Crippen LogP contribution in [0.2, 0.25) is 0 Å². The molecule has 0 unspecified atom stereocenters. The maximum atomic E-state index is 16.1. The predicted molar refractivity (Wildman–Crippen MR) is 102 cm³/mol. The fourth-order valence-electron chi connectivity index (χ4n) is 5.45. The number of alkyl halides is 2. The number of hydrogen-bond donors (Lipinski definition) is 1. The van der Waals surface area contributed by atoms with Gasteiger partial charge in [-0.1, -0.05) is 12.1 Å². The van der Waals surface area contributed by atoms with Crippen LogP contribution in [0, 0.1) is 28.4 Å². The first kappa shape index (κ1) is 20.6. The summed E-state index contributed by atoms with van der Waals surface area (Å²) in [5, 5.41) is 30.8. The highest BCUT2D eigenvalue weighted by atomic mass is 19.3.